The van der Waals surface area contributed by atoms with E-state index < -0.39 is 0 Å². The van der Waals surface area contributed by atoms with Gasteiger partial charge in [0.15, 0.2) is 0 Å². The van der Waals surface area contributed by atoms with Crippen LogP contribution in [0.1, 0.15) is 26.6 Å². The van der Waals surface area contributed by atoms with Crippen LogP contribution in [0, 0.1) is 5.92 Å². The Morgan fingerprint density at radius 3 is 2.68 bits per heavy atom. The largest absolute Gasteiger partial charge is 0.395 e. The molecule has 2 N–H and O–H groups in total. The SMILES string of the molecule is CCn1c(CN[C@H](CO)C(C)C)nc2ccccc21. The number of benzene rings is 1. The number of aliphatic hydroxyl groups is 1. The van der Waals surface area contributed by atoms with Gasteiger partial charge in [0.25, 0.3) is 0 Å². The second-order valence-electron chi connectivity index (χ2n) is 5.17. The number of hydrogen-bond donors (Lipinski definition) is 2. The molecule has 1 aromatic carbocycles. The van der Waals surface area contributed by atoms with Crippen molar-refractivity contribution >= 4 is 11.0 Å². The van der Waals surface area contributed by atoms with E-state index in [1.54, 1.807) is 0 Å². The fourth-order valence-corrected chi connectivity index (χ4v) is 2.35. The van der Waals surface area contributed by atoms with Crippen molar-refractivity contribution in [3.8, 4) is 0 Å². The Labute approximate surface area is 114 Å². The Balaban J connectivity index is 2.20. The molecule has 2 aromatic rings. The fraction of sp³-hybridized carbons (Fsp3) is 0.533. The number of nitrogens with zero attached hydrogens (tertiary/aromatic N) is 2. The average Bonchev–Trinajstić information content (AvgIpc) is 2.76. The molecular formula is C15H23N3O. The lowest BCUT2D eigenvalue weighted by molar-refractivity contribution is 0.209. The van der Waals surface area contributed by atoms with E-state index in [1.807, 2.05) is 18.2 Å². The van der Waals surface area contributed by atoms with Crippen LogP contribution in [-0.2, 0) is 13.1 Å². The van der Waals surface area contributed by atoms with Gasteiger partial charge in [0.1, 0.15) is 5.82 Å². The van der Waals surface area contributed by atoms with Crippen molar-refractivity contribution in [1.29, 1.82) is 0 Å². The Hall–Kier alpha value is -1.39. The summed E-state index contributed by atoms with van der Waals surface area (Å²) < 4.78 is 2.22. The summed E-state index contributed by atoms with van der Waals surface area (Å²) in [4.78, 5) is 4.67. The molecule has 0 amide bonds. The van der Waals surface area contributed by atoms with Crippen LogP contribution in [0.2, 0.25) is 0 Å². The molecule has 1 aromatic heterocycles. The Morgan fingerprint density at radius 2 is 2.05 bits per heavy atom. The van der Waals surface area contributed by atoms with Gasteiger partial charge >= 0.3 is 0 Å². The average molecular weight is 261 g/mol. The Kier molecular flexibility index (Phi) is 4.56. The molecule has 1 heterocycles. The predicted molar refractivity (Wildman–Crippen MR) is 78.0 cm³/mol. The van der Waals surface area contributed by atoms with Crippen molar-refractivity contribution in [3.63, 3.8) is 0 Å². The number of aromatic nitrogens is 2. The molecule has 0 spiro atoms. The molecule has 0 unspecified atom stereocenters. The normalized spacial score (nSPS) is 13.3. The maximum atomic E-state index is 9.35. The number of fused-ring (bicyclic) bond motifs is 1. The van der Waals surface area contributed by atoms with Crippen molar-refractivity contribution in [3.05, 3.63) is 30.1 Å². The summed E-state index contributed by atoms with van der Waals surface area (Å²) in [7, 11) is 0. The minimum absolute atomic E-state index is 0.116. The van der Waals surface area contributed by atoms with Gasteiger partial charge in [0, 0.05) is 12.6 Å². The molecule has 0 radical (unpaired) electrons. The second-order valence-corrected chi connectivity index (χ2v) is 5.17. The van der Waals surface area contributed by atoms with E-state index in [1.165, 1.54) is 5.52 Å². The molecule has 4 heteroatoms. The summed E-state index contributed by atoms with van der Waals surface area (Å²) in [6.07, 6.45) is 0. The predicted octanol–water partition coefficient (Wildman–Crippen LogP) is 2.16. The van der Waals surface area contributed by atoms with Crippen molar-refractivity contribution < 1.29 is 5.11 Å². The van der Waals surface area contributed by atoms with Crippen molar-refractivity contribution in [2.45, 2.75) is 39.9 Å². The molecule has 4 nitrogen and oxygen atoms in total. The lowest BCUT2D eigenvalue weighted by atomic mass is 10.1. The van der Waals surface area contributed by atoms with Crippen molar-refractivity contribution in [1.82, 2.24) is 14.9 Å². The smallest absolute Gasteiger partial charge is 0.123 e. The number of rotatable bonds is 6. The number of nitrogens with one attached hydrogen (secondary N) is 1. The molecule has 19 heavy (non-hydrogen) atoms. The van der Waals surface area contributed by atoms with Crippen LogP contribution in [0.5, 0.6) is 0 Å². The Morgan fingerprint density at radius 1 is 1.32 bits per heavy atom. The summed E-state index contributed by atoms with van der Waals surface area (Å²) in [5.41, 5.74) is 2.21. The van der Waals surface area contributed by atoms with Crippen LogP contribution in [0.3, 0.4) is 0 Å². The van der Waals surface area contributed by atoms with Crippen LogP contribution in [-0.4, -0.2) is 27.3 Å². The minimum Gasteiger partial charge on any atom is -0.395 e. The number of aliphatic hydroxyl groups excluding tert-OH is 1. The molecule has 2 rings (SSSR count). The first-order valence-corrected chi connectivity index (χ1v) is 6.95. The summed E-state index contributed by atoms with van der Waals surface area (Å²) >= 11 is 0. The Bertz CT molecular complexity index is 533. The highest BCUT2D eigenvalue weighted by atomic mass is 16.3. The molecular weight excluding hydrogens is 238 g/mol. The van der Waals surface area contributed by atoms with E-state index in [2.05, 4.69) is 41.7 Å². The lowest BCUT2D eigenvalue weighted by Gasteiger charge is -2.19. The van der Waals surface area contributed by atoms with Gasteiger partial charge in [-0.25, -0.2) is 4.98 Å². The van der Waals surface area contributed by atoms with Crippen LogP contribution in [0.15, 0.2) is 24.3 Å². The van der Waals surface area contributed by atoms with Crippen molar-refractivity contribution in [2.24, 2.45) is 5.92 Å². The molecule has 0 aliphatic rings. The standard InChI is InChI=1S/C15H23N3O/c1-4-18-14-8-6-5-7-12(14)17-15(18)9-16-13(10-19)11(2)3/h5-8,11,13,16,19H,4,9-10H2,1-3H3/t13-/m1/s1. The fourth-order valence-electron chi connectivity index (χ4n) is 2.35. The zero-order valence-electron chi connectivity index (χ0n) is 11.9. The van der Waals surface area contributed by atoms with Crippen LogP contribution in [0.4, 0.5) is 0 Å². The van der Waals surface area contributed by atoms with E-state index in [9.17, 15) is 5.11 Å². The molecule has 0 fully saturated rings. The molecule has 1 atom stereocenters. The summed E-state index contributed by atoms with van der Waals surface area (Å²) in [5.74, 6) is 1.44. The third kappa shape index (κ3) is 2.96. The number of hydrogen-bond acceptors (Lipinski definition) is 3. The third-order valence-electron chi connectivity index (χ3n) is 3.57. The highest BCUT2D eigenvalue weighted by molar-refractivity contribution is 5.75. The van der Waals surface area contributed by atoms with Gasteiger partial charge in [-0.2, -0.15) is 0 Å². The van der Waals surface area contributed by atoms with Gasteiger partial charge in [-0.15, -0.1) is 0 Å². The number of para-hydroxylation sites is 2. The summed E-state index contributed by atoms with van der Waals surface area (Å²) in [6, 6.07) is 8.30. The van der Waals surface area contributed by atoms with E-state index in [-0.39, 0.29) is 12.6 Å². The molecule has 0 aliphatic heterocycles. The minimum atomic E-state index is 0.116. The topological polar surface area (TPSA) is 50.1 Å². The molecule has 0 bridgehead atoms. The maximum absolute atomic E-state index is 9.35. The number of imidazole rings is 1. The molecule has 0 aliphatic carbocycles. The van der Waals surface area contributed by atoms with Gasteiger partial charge < -0.3 is 15.0 Å². The quantitative estimate of drug-likeness (QED) is 0.838. The first-order valence-electron chi connectivity index (χ1n) is 6.95. The second kappa shape index (κ2) is 6.17. The molecule has 0 saturated heterocycles. The van der Waals surface area contributed by atoms with Gasteiger partial charge in [-0.3, -0.25) is 0 Å². The van der Waals surface area contributed by atoms with Crippen molar-refractivity contribution in [2.75, 3.05) is 6.61 Å². The van der Waals surface area contributed by atoms with Gasteiger partial charge in [-0.1, -0.05) is 26.0 Å². The summed E-state index contributed by atoms with van der Waals surface area (Å²) in [6.45, 7) is 8.09. The van der Waals surface area contributed by atoms with E-state index in [0.29, 0.717) is 12.5 Å². The van der Waals surface area contributed by atoms with Crippen LogP contribution >= 0.6 is 0 Å². The monoisotopic (exact) mass is 261 g/mol. The maximum Gasteiger partial charge on any atom is 0.123 e. The molecule has 0 saturated carbocycles. The van der Waals surface area contributed by atoms with E-state index in [4.69, 9.17) is 0 Å². The van der Waals surface area contributed by atoms with Gasteiger partial charge in [0.05, 0.1) is 24.2 Å². The zero-order valence-corrected chi connectivity index (χ0v) is 11.9. The summed E-state index contributed by atoms with van der Waals surface area (Å²) in [5, 5.41) is 12.7. The van der Waals surface area contributed by atoms with Gasteiger partial charge in [0.2, 0.25) is 0 Å². The first kappa shape index (κ1) is 14.0. The highest BCUT2D eigenvalue weighted by Crippen LogP contribution is 2.16. The molecule has 104 valence electrons. The first-order chi connectivity index (χ1) is 9.17. The number of aryl methyl sites for hydroxylation is 1. The zero-order chi connectivity index (χ0) is 13.8. The van der Waals surface area contributed by atoms with E-state index >= 15 is 0 Å². The van der Waals surface area contributed by atoms with Crippen LogP contribution in [0.25, 0.3) is 11.0 Å². The third-order valence-corrected chi connectivity index (χ3v) is 3.57. The van der Waals surface area contributed by atoms with Gasteiger partial charge in [-0.05, 0) is 25.0 Å². The highest BCUT2D eigenvalue weighted by Gasteiger charge is 2.14. The lowest BCUT2D eigenvalue weighted by Crippen LogP contribution is -2.37. The van der Waals surface area contributed by atoms with Crippen LogP contribution < -0.4 is 5.32 Å². The van der Waals surface area contributed by atoms with E-state index in [0.717, 1.165) is 17.9 Å².